The molecule has 0 saturated heterocycles. The topological polar surface area (TPSA) is 99.4 Å². The lowest BCUT2D eigenvalue weighted by Gasteiger charge is -2.03. The molecule has 0 bridgehead atoms. The molecule has 28 heavy (non-hydrogen) atoms. The van der Waals surface area contributed by atoms with E-state index in [2.05, 4.69) is 4.99 Å². The first kappa shape index (κ1) is 19.5. The number of benzene rings is 2. The Bertz CT molecular complexity index is 1010. The van der Waals surface area contributed by atoms with Gasteiger partial charge >= 0.3 is 5.97 Å². The molecule has 3 N–H and O–H groups in total. The minimum atomic E-state index is -0.744. The predicted octanol–water partition coefficient (Wildman–Crippen LogP) is 4.43. The van der Waals surface area contributed by atoms with Crippen molar-refractivity contribution in [2.75, 3.05) is 6.61 Å². The summed E-state index contributed by atoms with van der Waals surface area (Å²) >= 11 is 1.01. The van der Waals surface area contributed by atoms with Crippen molar-refractivity contribution in [3.05, 3.63) is 70.1 Å². The number of aliphatic hydroxyl groups is 1. The van der Waals surface area contributed by atoms with Crippen LogP contribution in [0, 0.1) is 5.82 Å². The molecule has 0 fully saturated rings. The Hall–Kier alpha value is -3.26. The molecular formula is C20H16FNO5S. The number of aliphatic hydroxyl groups excluding tert-OH is 1. The van der Waals surface area contributed by atoms with Crippen molar-refractivity contribution in [1.29, 1.82) is 0 Å². The van der Waals surface area contributed by atoms with E-state index in [1.165, 1.54) is 42.5 Å². The zero-order chi connectivity index (χ0) is 20.3. The Morgan fingerprint density at radius 3 is 2.54 bits per heavy atom. The van der Waals surface area contributed by atoms with E-state index < -0.39 is 11.8 Å². The minimum absolute atomic E-state index is 0.107. The monoisotopic (exact) mass is 401 g/mol. The quantitative estimate of drug-likeness (QED) is 0.656. The molecular weight excluding hydrogens is 385 g/mol. The van der Waals surface area contributed by atoms with E-state index in [0.29, 0.717) is 11.3 Å². The van der Waals surface area contributed by atoms with Crippen molar-refractivity contribution in [1.82, 2.24) is 0 Å². The summed E-state index contributed by atoms with van der Waals surface area (Å²) in [6, 6.07) is 9.35. The number of carbonyl (C=O) groups is 1. The third-order valence-electron chi connectivity index (χ3n) is 3.73. The van der Waals surface area contributed by atoms with Crippen LogP contribution in [0.5, 0.6) is 11.5 Å². The molecule has 2 aromatic rings. The Labute approximate surface area is 164 Å². The molecule has 6 nitrogen and oxygen atoms in total. The second kappa shape index (κ2) is 8.18. The first-order valence-electron chi connectivity index (χ1n) is 8.26. The SMILES string of the molecule is CCOC(=O)C1=C(O)/C(=C\c2ccc(O)cc2O)SC1=Nc1ccc(F)cc1. The minimum Gasteiger partial charge on any atom is -0.508 e. The largest absolute Gasteiger partial charge is 0.508 e. The molecule has 0 saturated carbocycles. The number of carbonyl (C=O) groups excluding carboxylic acids is 1. The van der Waals surface area contributed by atoms with Crippen LogP contribution in [0.2, 0.25) is 0 Å². The van der Waals surface area contributed by atoms with Crippen molar-refractivity contribution in [3.8, 4) is 11.5 Å². The molecule has 1 aliphatic rings. The Morgan fingerprint density at radius 1 is 1.18 bits per heavy atom. The van der Waals surface area contributed by atoms with Crippen molar-refractivity contribution in [3.63, 3.8) is 0 Å². The first-order valence-corrected chi connectivity index (χ1v) is 9.07. The van der Waals surface area contributed by atoms with Crippen LogP contribution in [0.3, 0.4) is 0 Å². The van der Waals surface area contributed by atoms with Gasteiger partial charge < -0.3 is 20.1 Å². The van der Waals surface area contributed by atoms with Gasteiger partial charge in [-0.3, -0.25) is 0 Å². The van der Waals surface area contributed by atoms with Crippen molar-refractivity contribution in [2.24, 2.45) is 4.99 Å². The number of thioether (sulfide) groups is 1. The summed E-state index contributed by atoms with van der Waals surface area (Å²) in [7, 11) is 0. The molecule has 1 aliphatic heterocycles. The van der Waals surface area contributed by atoms with Crippen molar-refractivity contribution >= 4 is 34.5 Å². The fraction of sp³-hybridized carbons (Fsp3) is 0.100. The molecule has 144 valence electrons. The van der Waals surface area contributed by atoms with Crippen LogP contribution < -0.4 is 0 Å². The number of phenols is 2. The second-order valence-electron chi connectivity index (χ2n) is 5.69. The van der Waals surface area contributed by atoms with Crippen molar-refractivity contribution in [2.45, 2.75) is 6.92 Å². The summed E-state index contributed by atoms with van der Waals surface area (Å²) in [5.74, 6) is -1.80. The standard InChI is InChI=1S/C20H16FNO5S/c1-2-27-20(26)17-18(25)16(9-11-3-8-14(23)10-15(11)24)28-19(17)22-13-6-4-12(21)5-7-13/h3-10,23-25H,2H2,1H3/b16-9+,22-19?. The summed E-state index contributed by atoms with van der Waals surface area (Å²) in [6.45, 7) is 1.75. The number of ether oxygens (including phenoxy) is 1. The van der Waals surface area contributed by atoms with Crippen molar-refractivity contribution < 1.29 is 29.2 Å². The van der Waals surface area contributed by atoms with Gasteiger partial charge in [0, 0.05) is 11.6 Å². The summed E-state index contributed by atoms with van der Waals surface area (Å²) in [5, 5.41) is 30.1. The smallest absolute Gasteiger partial charge is 0.344 e. The van der Waals surface area contributed by atoms with Gasteiger partial charge in [0.1, 0.15) is 33.7 Å². The third kappa shape index (κ3) is 4.17. The lowest BCUT2D eigenvalue weighted by atomic mass is 10.1. The number of aliphatic imine (C=N–C) groups is 1. The van der Waals surface area contributed by atoms with Crippen LogP contribution in [-0.2, 0) is 9.53 Å². The molecule has 0 unspecified atom stereocenters. The van der Waals surface area contributed by atoms with E-state index in [1.807, 2.05) is 0 Å². The molecule has 8 heteroatoms. The van der Waals surface area contributed by atoms with E-state index in [9.17, 15) is 24.5 Å². The van der Waals surface area contributed by atoms with E-state index >= 15 is 0 Å². The molecule has 0 amide bonds. The summed E-state index contributed by atoms with van der Waals surface area (Å²) in [5.41, 5.74) is 0.617. The van der Waals surface area contributed by atoms with Crippen LogP contribution in [0.1, 0.15) is 12.5 Å². The average Bonchev–Trinajstić information content (AvgIpc) is 2.95. The maximum atomic E-state index is 13.1. The number of esters is 1. The Kier molecular flexibility index (Phi) is 5.70. The lowest BCUT2D eigenvalue weighted by Crippen LogP contribution is -2.12. The number of nitrogens with zero attached hydrogens (tertiary/aromatic N) is 1. The van der Waals surface area contributed by atoms with Crippen LogP contribution in [0.25, 0.3) is 6.08 Å². The molecule has 2 aromatic carbocycles. The van der Waals surface area contributed by atoms with Gasteiger partial charge in [0.25, 0.3) is 0 Å². The summed E-state index contributed by atoms with van der Waals surface area (Å²) < 4.78 is 18.1. The third-order valence-corrected chi connectivity index (χ3v) is 4.75. The highest BCUT2D eigenvalue weighted by Gasteiger charge is 2.33. The maximum absolute atomic E-state index is 13.1. The Balaban J connectivity index is 2.05. The van der Waals surface area contributed by atoms with E-state index in [4.69, 9.17) is 4.74 Å². The van der Waals surface area contributed by atoms with Gasteiger partial charge in [0.15, 0.2) is 0 Å². The van der Waals surface area contributed by atoms with Gasteiger partial charge in [-0.05, 0) is 49.4 Å². The van der Waals surface area contributed by atoms with E-state index in [1.54, 1.807) is 6.92 Å². The highest BCUT2D eigenvalue weighted by Crippen LogP contribution is 2.41. The molecule has 0 radical (unpaired) electrons. The molecule has 1 heterocycles. The Morgan fingerprint density at radius 2 is 1.89 bits per heavy atom. The van der Waals surface area contributed by atoms with E-state index in [-0.39, 0.29) is 39.4 Å². The fourth-order valence-electron chi connectivity index (χ4n) is 2.42. The number of hydrogen-bond donors (Lipinski definition) is 3. The zero-order valence-electron chi connectivity index (χ0n) is 14.7. The lowest BCUT2D eigenvalue weighted by molar-refractivity contribution is -0.138. The fourth-order valence-corrected chi connectivity index (χ4v) is 3.45. The summed E-state index contributed by atoms with van der Waals surface area (Å²) in [6.07, 6.45) is 1.46. The van der Waals surface area contributed by atoms with Crippen LogP contribution >= 0.6 is 11.8 Å². The van der Waals surface area contributed by atoms with E-state index in [0.717, 1.165) is 17.8 Å². The molecule has 0 spiro atoms. The summed E-state index contributed by atoms with van der Waals surface area (Å²) in [4.78, 5) is 16.9. The van der Waals surface area contributed by atoms with Crippen LogP contribution in [-0.4, -0.2) is 32.9 Å². The second-order valence-corrected chi connectivity index (χ2v) is 6.72. The number of aromatic hydroxyl groups is 2. The first-order chi connectivity index (χ1) is 13.4. The predicted molar refractivity (Wildman–Crippen MR) is 105 cm³/mol. The molecule has 3 rings (SSSR count). The van der Waals surface area contributed by atoms with Gasteiger partial charge in [-0.1, -0.05) is 11.8 Å². The normalized spacial score (nSPS) is 16.8. The molecule has 0 aromatic heterocycles. The number of phenolic OH excluding ortho intramolecular Hbond substituents is 2. The van der Waals surface area contributed by atoms with Gasteiger partial charge in [0.05, 0.1) is 17.2 Å². The zero-order valence-corrected chi connectivity index (χ0v) is 15.5. The number of hydrogen-bond acceptors (Lipinski definition) is 7. The average molecular weight is 401 g/mol. The maximum Gasteiger partial charge on any atom is 0.344 e. The number of halogens is 1. The molecule has 0 atom stereocenters. The van der Waals surface area contributed by atoms with Gasteiger partial charge in [-0.25, -0.2) is 14.2 Å². The van der Waals surface area contributed by atoms with Crippen LogP contribution in [0.4, 0.5) is 10.1 Å². The highest BCUT2D eigenvalue weighted by atomic mass is 32.2. The van der Waals surface area contributed by atoms with Gasteiger partial charge in [-0.15, -0.1) is 0 Å². The number of rotatable bonds is 4. The van der Waals surface area contributed by atoms with Gasteiger partial charge in [0.2, 0.25) is 0 Å². The van der Waals surface area contributed by atoms with Crippen LogP contribution in [0.15, 0.2) is 63.7 Å². The van der Waals surface area contributed by atoms with Gasteiger partial charge in [-0.2, -0.15) is 0 Å². The molecule has 0 aliphatic carbocycles. The highest BCUT2D eigenvalue weighted by molar-refractivity contribution is 8.18.